The first-order chi connectivity index (χ1) is 39.8. The molecule has 0 atom stereocenters. The second-order valence-electron chi connectivity index (χ2n) is 17.6. The number of halogens is 4. The summed E-state index contributed by atoms with van der Waals surface area (Å²) in [4.78, 5) is 61.0. The summed E-state index contributed by atoms with van der Waals surface area (Å²) in [7, 11) is 0. The quantitative estimate of drug-likeness (QED) is 0.0260. The Morgan fingerprint density at radius 2 is 0.928 bits per heavy atom. The number of carboxylic acid groups (broad SMARTS) is 1. The molecule has 83 heavy (non-hydrogen) atoms. The van der Waals surface area contributed by atoms with Crippen molar-refractivity contribution in [1.29, 1.82) is 0 Å². The topological polar surface area (TPSA) is 313 Å². The smallest absolute Gasteiger partial charge is 0.335 e. The van der Waals surface area contributed by atoms with Crippen LogP contribution in [-0.4, -0.2) is 123 Å². The van der Waals surface area contributed by atoms with Crippen molar-refractivity contribution < 1.29 is 33.7 Å². The lowest BCUT2D eigenvalue weighted by atomic mass is 10.1. The summed E-state index contributed by atoms with van der Waals surface area (Å²) >= 11 is 17.9. The Hall–Kier alpha value is -8.54. The number of rotatable bonds is 21. The molecular formula is C57H61Cl4N15O7. The molecular weight excluding hydrogens is 1150 g/mol. The van der Waals surface area contributed by atoms with E-state index in [1.807, 2.05) is 63.2 Å². The van der Waals surface area contributed by atoms with Crippen LogP contribution in [0.25, 0.3) is 44.0 Å². The van der Waals surface area contributed by atoms with Crippen molar-refractivity contribution in [3.05, 3.63) is 166 Å². The van der Waals surface area contributed by atoms with Crippen LogP contribution in [0.2, 0.25) is 15.3 Å². The molecule has 6 aromatic heterocycles. The van der Waals surface area contributed by atoms with Crippen LogP contribution >= 0.6 is 47.2 Å². The highest BCUT2D eigenvalue weighted by Gasteiger charge is 2.15. The monoisotopic (exact) mass is 1210 g/mol. The number of nitrogens with one attached hydrogen (secondary N) is 5. The van der Waals surface area contributed by atoms with Crippen LogP contribution in [0.5, 0.6) is 17.2 Å². The molecule has 0 aliphatic carbocycles. The van der Waals surface area contributed by atoms with E-state index in [0.29, 0.717) is 88.8 Å². The van der Waals surface area contributed by atoms with Crippen molar-refractivity contribution in [2.24, 2.45) is 5.73 Å². The first-order valence-electron chi connectivity index (χ1n) is 26.2. The molecule has 8 N–H and O–H groups in total. The van der Waals surface area contributed by atoms with Crippen molar-refractivity contribution in [3.8, 4) is 28.5 Å². The average molecular weight is 1210 g/mol. The Morgan fingerprint density at radius 1 is 0.530 bits per heavy atom. The van der Waals surface area contributed by atoms with Crippen molar-refractivity contribution in [1.82, 2.24) is 71.1 Å². The third-order valence-corrected chi connectivity index (χ3v) is 12.5. The lowest BCUT2D eigenvalue weighted by Crippen LogP contribution is -2.24. The molecule has 0 radical (unpaired) electrons. The Kier molecular flexibility index (Phi) is 25.1. The van der Waals surface area contributed by atoms with E-state index in [0.717, 1.165) is 89.2 Å². The van der Waals surface area contributed by atoms with E-state index in [-0.39, 0.29) is 34.9 Å². The third-order valence-electron chi connectivity index (χ3n) is 11.8. The number of aryl methyl sites for hydroxylation is 3. The van der Waals surface area contributed by atoms with Crippen LogP contribution in [0.4, 0.5) is 0 Å². The molecule has 4 aromatic carbocycles. The minimum absolute atomic E-state index is 0. The number of pyridine rings is 3. The molecule has 2 amide bonds. The molecule has 0 aliphatic heterocycles. The molecule has 0 saturated carbocycles. The number of H-pyrrole nitrogens is 3. The molecule has 0 spiro atoms. The Balaban J connectivity index is 0.000000190. The summed E-state index contributed by atoms with van der Waals surface area (Å²) < 4.78 is 16.8. The third kappa shape index (κ3) is 19.0. The van der Waals surface area contributed by atoms with Crippen LogP contribution in [0.1, 0.15) is 88.6 Å². The van der Waals surface area contributed by atoms with E-state index < -0.39 is 5.97 Å². The van der Waals surface area contributed by atoms with E-state index in [2.05, 4.69) is 66.1 Å². The Labute approximate surface area is 498 Å². The molecule has 0 unspecified atom stereocenters. The van der Waals surface area contributed by atoms with E-state index >= 15 is 0 Å². The Bertz CT molecular complexity index is 3660. The highest BCUT2D eigenvalue weighted by atomic mass is 35.5. The van der Waals surface area contributed by atoms with Gasteiger partial charge in [0.05, 0.1) is 47.6 Å². The van der Waals surface area contributed by atoms with Gasteiger partial charge in [0, 0.05) is 88.4 Å². The molecule has 0 aliphatic rings. The van der Waals surface area contributed by atoms with E-state index in [1.165, 1.54) is 31.1 Å². The lowest BCUT2D eigenvalue weighted by Gasteiger charge is -2.12. The fourth-order valence-electron chi connectivity index (χ4n) is 7.98. The van der Waals surface area contributed by atoms with Gasteiger partial charge in [-0.2, -0.15) is 15.3 Å². The number of ether oxygens (including phenoxy) is 3. The molecule has 434 valence electrons. The van der Waals surface area contributed by atoms with Crippen molar-refractivity contribution in [2.45, 2.75) is 59.3 Å². The predicted octanol–water partition coefficient (Wildman–Crippen LogP) is 10.3. The van der Waals surface area contributed by atoms with Gasteiger partial charge in [0.15, 0.2) is 0 Å². The molecule has 0 fully saturated rings. The molecule has 0 saturated heterocycles. The number of carbonyl (C=O) groups excluding carboxylic acids is 2. The predicted molar refractivity (Wildman–Crippen MR) is 321 cm³/mol. The maximum atomic E-state index is 12.6. The van der Waals surface area contributed by atoms with Gasteiger partial charge in [0.1, 0.15) is 64.0 Å². The number of amides is 2. The van der Waals surface area contributed by atoms with Crippen LogP contribution < -0.4 is 30.6 Å². The zero-order chi connectivity index (χ0) is 58.2. The highest BCUT2D eigenvalue weighted by molar-refractivity contribution is 6.31. The zero-order valence-electron chi connectivity index (χ0n) is 45.5. The van der Waals surface area contributed by atoms with Crippen LogP contribution in [-0.2, 0) is 19.3 Å². The summed E-state index contributed by atoms with van der Waals surface area (Å²) in [6, 6.07) is 28.1. The minimum atomic E-state index is -0.994. The number of carbonyl (C=O) groups is 3. The van der Waals surface area contributed by atoms with E-state index in [9.17, 15) is 14.4 Å². The number of carboxylic acids is 1. The first kappa shape index (κ1) is 63.6. The molecule has 22 nitrogen and oxygen atoms in total. The number of hydrogen-bond acceptors (Lipinski definition) is 16. The van der Waals surface area contributed by atoms with Gasteiger partial charge < -0.3 is 35.7 Å². The SMILES string of the molecule is CCOc1cc(-c2ccc(Cl)cc2)nc2cc(C(=O)NCCCc3ncn[nH]3)ccc12.CCOc1cc(Cl)nc2cc(C(=O)NCCCc3ncn[nH]3)ccc12.CCOc1cc(Cl)nc2cc(C(=O)O)ccc12.Cl.NCCCc1ncn[nH]1. The second-order valence-corrected chi connectivity index (χ2v) is 18.8. The normalized spacial score (nSPS) is 10.5. The summed E-state index contributed by atoms with van der Waals surface area (Å²) in [6.07, 6.45) is 9.31. The van der Waals surface area contributed by atoms with Gasteiger partial charge in [-0.1, -0.05) is 46.9 Å². The van der Waals surface area contributed by atoms with E-state index in [4.69, 9.17) is 64.8 Å². The fraction of sp³-hybridized carbons (Fsp3) is 0.263. The van der Waals surface area contributed by atoms with Gasteiger partial charge in [0.25, 0.3) is 11.8 Å². The Morgan fingerprint density at radius 3 is 1.33 bits per heavy atom. The van der Waals surface area contributed by atoms with Crippen molar-refractivity contribution >= 4 is 97.7 Å². The number of benzene rings is 4. The van der Waals surface area contributed by atoms with Gasteiger partial charge >= 0.3 is 5.97 Å². The number of fused-ring (bicyclic) bond motifs is 3. The largest absolute Gasteiger partial charge is 0.493 e. The van der Waals surface area contributed by atoms with Crippen LogP contribution in [0.15, 0.2) is 116 Å². The van der Waals surface area contributed by atoms with Gasteiger partial charge in [-0.05, 0) is 113 Å². The van der Waals surface area contributed by atoms with Gasteiger partial charge in [-0.25, -0.2) is 34.7 Å². The van der Waals surface area contributed by atoms with Gasteiger partial charge in [-0.3, -0.25) is 24.9 Å². The maximum Gasteiger partial charge on any atom is 0.335 e. The van der Waals surface area contributed by atoms with Gasteiger partial charge in [0.2, 0.25) is 0 Å². The number of hydrogen-bond donors (Lipinski definition) is 7. The van der Waals surface area contributed by atoms with Crippen LogP contribution in [0.3, 0.4) is 0 Å². The minimum Gasteiger partial charge on any atom is -0.493 e. The number of nitrogens with two attached hydrogens (primary N) is 1. The van der Waals surface area contributed by atoms with E-state index in [1.54, 1.807) is 42.5 Å². The molecule has 10 rings (SSSR count). The number of aromatic nitrogens is 12. The second kappa shape index (κ2) is 32.8. The zero-order valence-corrected chi connectivity index (χ0v) is 48.6. The fourth-order valence-corrected chi connectivity index (χ4v) is 8.49. The number of aromatic amines is 3. The van der Waals surface area contributed by atoms with Crippen LogP contribution in [0, 0.1) is 0 Å². The molecule has 6 heterocycles. The number of nitrogens with zero attached hydrogens (tertiary/aromatic N) is 9. The summed E-state index contributed by atoms with van der Waals surface area (Å²) in [5, 5.41) is 38.1. The van der Waals surface area contributed by atoms with Gasteiger partial charge in [-0.15, -0.1) is 12.4 Å². The molecule has 0 bridgehead atoms. The highest BCUT2D eigenvalue weighted by Crippen LogP contribution is 2.33. The standard InChI is InChI=1S/C23H22ClN5O2.C17H18ClN5O2.C12H10ClNO3.C5H10N4.ClH/c1-2-31-21-13-19(15-5-8-17(24)9-6-15)28-20-12-16(7-10-18(20)21)23(30)25-11-3-4-22-26-14-27-29-22;1-2-25-14-9-15(18)22-13-8-11(5-6-12(13)14)17(24)19-7-3-4-16-20-10-21-23-16;1-2-17-10-6-11(13)14-9-5-7(12(15)16)3-4-8(9)10;6-3-1-2-5-7-4-8-9-5;/h5-10,12-14H,2-4,11H2,1H3,(H,25,30)(H,26,27,29);5-6,8-10H,2-4,7H2,1H3,(H,19,24)(H,20,21,23);3-6H,2H2,1H3,(H,15,16);4H,1-3,6H2,(H,7,8,9);1H. The summed E-state index contributed by atoms with van der Waals surface area (Å²) in [5.74, 6) is 3.25. The summed E-state index contributed by atoms with van der Waals surface area (Å²) in [5.41, 5.74) is 10.1. The molecule has 26 heteroatoms. The maximum absolute atomic E-state index is 12.6. The number of aromatic carboxylic acids is 1. The lowest BCUT2D eigenvalue weighted by molar-refractivity contribution is 0.0696. The van der Waals surface area contributed by atoms with Crippen molar-refractivity contribution in [3.63, 3.8) is 0 Å². The van der Waals surface area contributed by atoms with Crippen molar-refractivity contribution in [2.75, 3.05) is 39.5 Å². The first-order valence-corrected chi connectivity index (χ1v) is 27.3. The molecule has 10 aromatic rings. The average Bonchev–Trinajstić information content (AvgIpc) is 4.47. The summed E-state index contributed by atoms with van der Waals surface area (Å²) in [6.45, 7) is 9.08.